The van der Waals surface area contributed by atoms with Crippen molar-refractivity contribution in [2.75, 3.05) is 0 Å². The van der Waals surface area contributed by atoms with Crippen LogP contribution in [0.3, 0.4) is 0 Å². The second-order valence-electron chi connectivity index (χ2n) is 6.44. The Balaban J connectivity index is 2.04. The number of hydrogen-bond acceptors (Lipinski definition) is 1. The van der Waals surface area contributed by atoms with E-state index in [1.54, 1.807) is 13.8 Å². The summed E-state index contributed by atoms with van der Waals surface area (Å²) in [5.41, 5.74) is 1.86. The molecule has 1 aromatic rings. The molecule has 19 heavy (non-hydrogen) atoms. The van der Waals surface area contributed by atoms with Gasteiger partial charge < -0.3 is 5.11 Å². The molecular formula is C17H24O2. The molecule has 2 rings (SSSR count). The molecule has 1 saturated carbocycles. The lowest BCUT2D eigenvalue weighted by molar-refractivity contribution is -0.146. The Morgan fingerprint density at radius 1 is 1.16 bits per heavy atom. The van der Waals surface area contributed by atoms with Crippen molar-refractivity contribution in [2.45, 2.75) is 58.3 Å². The standard InChI is InChI=1S/C17H24O2/c1-17(2,16(18)19)12-13-8-10-15(11-9-13)14-6-4-3-5-7-14/h8-11,14H,3-7,12H2,1-2H3,(H,18,19). The van der Waals surface area contributed by atoms with Gasteiger partial charge in [0.1, 0.15) is 0 Å². The minimum absolute atomic E-state index is 0.591. The summed E-state index contributed by atoms with van der Waals surface area (Å²) in [4.78, 5) is 11.1. The van der Waals surface area contributed by atoms with Crippen LogP contribution in [0.5, 0.6) is 0 Å². The quantitative estimate of drug-likeness (QED) is 0.871. The average Bonchev–Trinajstić information content (AvgIpc) is 2.40. The van der Waals surface area contributed by atoms with E-state index in [0.717, 1.165) is 11.5 Å². The maximum absolute atomic E-state index is 11.1. The Labute approximate surface area is 115 Å². The van der Waals surface area contributed by atoms with Gasteiger partial charge >= 0.3 is 5.97 Å². The fourth-order valence-corrected chi connectivity index (χ4v) is 2.93. The first kappa shape index (κ1) is 14.1. The summed E-state index contributed by atoms with van der Waals surface area (Å²) in [5, 5.41) is 9.16. The molecule has 0 bridgehead atoms. The number of hydrogen-bond donors (Lipinski definition) is 1. The Kier molecular flexibility index (Phi) is 4.28. The van der Waals surface area contributed by atoms with Gasteiger partial charge in [-0.25, -0.2) is 0 Å². The van der Waals surface area contributed by atoms with E-state index in [1.807, 2.05) is 0 Å². The fourth-order valence-electron chi connectivity index (χ4n) is 2.93. The first-order valence-corrected chi connectivity index (χ1v) is 7.31. The molecule has 0 saturated heterocycles. The Morgan fingerprint density at radius 2 is 1.74 bits per heavy atom. The maximum atomic E-state index is 11.1. The SMILES string of the molecule is CC(C)(Cc1ccc(C2CCCCC2)cc1)C(=O)O. The number of rotatable bonds is 4. The van der Waals surface area contributed by atoms with Crippen molar-refractivity contribution in [3.05, 3.63) is 35.4 Å². The van der Waals surface area contributed by atoms with Gasteiger partial charge in [-0.1, -0.05) is 43.5 Å². The van der Waals surface area contributed by atoms with Crippen molar-refractivity contribution < 1.29 is 9.90 Å². The predicted molar refractivity (Wildman–Crippen MR) is 77.4 cm³/mol. The Morgan fingerprint density at radius 3 is 2.26 bits per heavy atom. The van der Waals surface area contributed by atoms with Crippen LogP contribution in [-0.2, 0) is 11.2 Å². The number of aliphatic carboxylic acids is 1. The molecule has 0 heterocycles. The van der Waals surface area contributed by atoms with Gasteiger partial charge in [0.05, 0.1) is 5.41 Å². The van der Waals surface area contributed by atoms with Gasteiger partial charge in [0.25, 0.3) is 0 Å². The predicted octanol–water partition coefficient (Wildman–Crippen LogP) is 4.39. The lowest BCUT2D eigenvalue weighted by Crippen LogP contribution is -2.26. The Hall–Kier alpha value is -1.31. The molecule has 1 aliphatic carbocycles. The maximum Gasteiger partial charge on any atom is 0.309 e. The normalized spacial score (nSPS) is 17.4. The third-order valence-corrected chi connectivity index (χ3v) is 4.28. The molecule has 0 spiro atoms. The van der Waals surface area contributed by atoms with E-state index in [1.165, 1.54) is 37.7 Å². The number of carboxylic acid groups (broad SMARTS) is 1. The molecular weight excluding hydrogens is 236 g/mol. The van der Waals surface area contributed by atoms with Crippen molar-refractivity contribution >= 4 is 5.97 Å². The molecule has 104 valence electrons. The van der Waals surface area contributed by atoms with Crippen LogP contribution in [-0.4, -0.2) is 11.1 Å². The van der Waals surface area contributed by atoms with E-state index >= 15 is 0 Å². The molecule has 0 radical (unpaired) electrons. The first-order chi connectivity index (χ1) is 8.99. The van der Waals surface area contributed by atoms with E-state index in [0.29, 0.717) is 6.42 Å². The van der Waals surface area contributed by atoms with E-state index in [2.05, 4.69) is 24.3 Å². The number of benzene rings is 1. The van der Waals surface area contributed by atoms with Crippen LogP contribution in [0.1, 0.15) is 63.0 Å². The van der Waals surface area contributed by atoms with Crippen molar-refractivity contribution in [3.8, 4) is 0 Å². The molecule has 2 nitrogen and oxygen atoms in total. The van der Waals surface area contributed by atoms with E-state index in [-0.39, 0.29) is 0 Å². The molecule has 0 atom stereocenters. The smallest absolute Gasteiger partial charge is 0.309 e. The van der Waals surface area contributed by atoms with Crippen LogP contribution in [0.4, 0.5) is 0 Å². The van der Waals surface area contributed by atoms with E-state index in [9.17, 15) is 4.79 Å². The molecule has 2 heteroatoms. The second-order valence-corrected chi connectivity index (χ2v) is 6.44. The van der Waals surface area contributed by atoms with Crippen molar-refractivity contribution in [1.82, 2.24) is 0 Å². The fraction of sp³-hybridized carbons (Fsp3) is 0.588. The van der Waals surface area contributed by atoms with Crippen LogP contribution < -0.4 is 0 Å². The average molecular weight is 260 g/mol. The third kappa shape index (κ3) is 3.59. The van der Waals surface area contributed by atoms with Crippen molar-refractivity contribution in [3.63, 3.8) is 0 Å². The monoisotopic (exact) mass is 260 g/mol. The summed E-state index contributed by atoms with van der Waals surface area (Å²) < 4.78 is 0. The van der Waals surface area contributed by atoms with Gasteiger partial charge in [-0.15, -0.1) is 0 Å². The van der Waals surface area contributed by atoms with Crippen LogP contribution in [0.25, 0.3) is 0 Å². The summed E-state index contributed by atoms with van der Waals surface area (Å²) in [7, 11) is 0. The Bertz CT molecular complexity index is 425. The molecule has 1 fully saturated rings. The van der Waals surface area contributed by atoms with Gasteiger partial charge in [0, 0.05) is 0 Å². The molecule has 0 amide bonds. The van der Waals surface area contributed by atoms with Crippen molar-refractivity contribution in [2.24, 2.45) is 5.41 Å². The summed E-state index contributed by atoms with van der Waals surface area (Å²) in [6.07, 6.45) is 7.27. The summed E-state index contributed by atoms with van der Waals surface area (Å²) >= 11 is 0. The van der Waals surface area contributed by atoms with E-state index < -0.39 is 11.4 Å². The molecule has 0 aromatic heterocycles. The zero-order chi connectivity index (χ0) is 13.9. The minimum Gasteiger partial charge on any atom is -0.481 e. The topological polar surface area (TPSA) is 37.3 Å². The van der Waals surface area contributed by atoms with Crippen LogP contribution in [0, 0.1) is 5.41 Å². The van der Waals surface area contributed by atoms with Gasteiger partial charge in [-0.05, 0) is 50.2 Å². The van der Waals surface area contributed by atoms with Gasteiger partial charge in [-0.2, -0.15) is 0 Å². The van der Waals surface area contributed by atoms with Crippen LogP contribution >= 0.6 is 0 Å². The third-order valence-electron chi connectivity index (χ3n) is 4.28. The van der Waals surface area contributed by atoms with Gasteiger partial charge in [-0.3, -0.25) is 4.79 Å². The van der Waals surface area contributed by atoms with Crippen LogP contribution in [0.15, 0.2) is 24.3 Å². The zero-order valence-corrected chi connectivity index (χ0v) is 12.0. The van der Waals surface area contributed by atoms with Crippen molar-refractivity contribution in [1.29, 1.82) is 0 Å². The highest BCUT2D eigenvalue weighted by molar-refractivity contribution is 5.74. The molecule has 0 unspecified atom stereocenters. The highest BCUT2D eigenvalue weighted by atomic mass is 16.4. The molecule has 1 aromatic carbocycles. The molecule has 0 aliphatic heterocycles. The lowest BCUT2D eigenvalue weighted by atomic mass is 9.82. The number of carbonyl (C=O) groups is 1. The second kappa shape index (κ2) is 5.77. The zero-order valence-electron chi connectivity index (χ0n) is 12.0. The largest absolute Gasteiger partial charge is 0.481 e. The summed E-state index contributed by atoms with van der Waals surface area (Å²) in [5.74, 6) is -0.0147. The van der Waals surface area contributed by atoms with E-state index in [4.69, 9.17) is 5.11 Å². The van der Waals surface area contributed by atoms with Crippen LogP contribution in [0.2, 0.25) is 0 Å². The minimum atomic E-state index is -0.733. The van der Waals surface area contributed by atoms with Gasteiger partial charge in [0.15, 0.2) is 0 Å². The summed E-state index contributed by atoms with van der Waals surface area (Å²) in [6.45, 7) is 3.56. The highest BCUT2D eigenvalue weighted by Crippen LogP contribution is 2.33. The molecule has 1 N–H and O–H groups in total. The lowest BCUT2D eigenvalue weighted by Gasteiger charge is -2.23. The highest BCUT2D eigenvalue weighted by Gasteiger charge is 2.27. The molecule has 1 aliphatic rings. The number of carboxylic acids is 1. The first-order valence-electron chi connectivity index (χ1n) is 7.31. The van der Waals surface area contributed by atoms with Gasteiger partial charge in [0.2, 0.25) is 0 Å². The summed E-state index contributed by atoms with van der Waals surface area (Å²) in [6, 6.07) is 8.61.